The van der Waals surface area contributed by atoms with E-state index in [1.165, 1.54) is 97.9 Å². The Bertz CT molecular complexity index is 3410. The SMILES string of the molecule is CC1C=C(c2ccc(N(c3ccc(-c4ccc5c(c4)C(C)(C)c4ccccc4-5)cc3)c3cccc4c3sc3c4ccc4c3c3ccccc3n4-c3ccccc3)cc2)C=CC1. The van der Waals surface area contributed by atoms with Crippen molar-refractivity contribution in [2.24, 2.45) is 5.92 Å². The zero-order chi connectivity index (χ0) is 40.8. The summed E-state index contributed by atoms with van der Waals surface area (Å²) in [6, 6.07) is 65.5. The van der Waals surface area contributed by atoms with Gasteiger partial charge < -0.3 is 9.47 Å². The van der Waals surface area contributed by atoms with Crippen LogP contribution in [-0.4, -0.2) is 4.57 Å². The van der Waals surface area contributed by atoms with Crippen LogP contribution in [0.1, 0.15) is 43.9 Å². The van der Waals surface area contributed by atoms with E-state index in [-0.39, 0.29) is 5.41 Å². The van der Waals surface area contributed by atoms with Gasteiger partial charge in [-0.3, -0.25) is 0 Å². The number of allylic oxidation sites excluding steroid dienone is 4. The van der Waals surface area contributed by atoms with Gasteiger partial charge in [0.05, 0.1) is 21.4 Å². The van der Waals surface area contributed by atoms with Crippen molar-refractivity contribution in [2.75, 3.05) is 4.90 Å². The third-order valence-corrected chi connectivity index (χ3v) is 14.6. The number of fused-ring (bicyclic) bond motifs is 10. The van der Waals surface area contributed by atoms with E-state index in [1.807, 2.05) is 11.3 Å². The topological polar surface area (TPSA) is 8.17 Å². The minimum Gasteiger partial charge on any atom is -0.309 e. The summed E-state index contributed by atoms with van der Waals surface area (Å²) < 4.78 is 5.02. The molecule has 3 heteroatoms. The Morgan fingerprint density at radius 1 is 0.557 bits per heavy atom. The standard InChI is InChI=1S/C58H44N2S/c1-37-13-11-14-40(35-37)38-23-28-43(29-24-38)59(44-30-25-39(26-31-44)41-27-32-46-45-17-7-9-20-50(45)58(2,3)51(46)36-41)54-22-12-19-47-48-33-34-53-55(57(48)61-56(47)54)49-18-8-10-21-52(49)60(53)42-15-5-4-6-16-42/h4-12,14-37H,13H2,1-3H3. The zero-order valence-electron chi connectivity index (χ0n) is 34.6. The molecule has 2 aliphatic carbocycles. The van der Waals surface area contributed by atoms with Crippen LogP contribution < -0.4 is 4.90 Å². The first kappa shape index (κ1) is 36.0. The second-order valence-electron chi connectivity index (χ2n) is 17.4. The summed E-state index contributed by atoms with van der Waals surface area (Å²) in [5.41, 5.74) is 17.6. The molecule has 0 fully saturated rings. The van der Waals surface area contributed by atoms with E-state index in [0.717, 1.165) is 17.8 Å². The molecule has 2 nitrogen and oxygen atoms in total. The lowest BCUT2D eigenvalue weighted by Gasteiger charge is -2.27. The molecule has 2 heterocycles. The fourth-order valence-corrected chi connectivity index (χ4v) is 11.6. The first-order valence-corrected chi connectivity index (χ1v) is 22.3. The van der Waals surface area contributed by atoms with Crippen molar-refractivity contribution in [3.8, 4) is 27.9 Å². The van der Waals surface area contributed by atoms with E-state index in [1.54, 1.807) is 0 Å². The monoisotopic (exact) mass is 800 g/mol. The van der Waals surface area contributed by atoms with Gasteiger partial charge in [0.25, 0.3) is 0 Å². The highest BCUT2D eigenvalue weighted by Crippen LogP contribution is 2.51. The molecule has 0 saturated heterocycles. The summed E-state index contributed by atoms with van der Waals surface area (Å²) in [6.07, 6.45) is 8.08. The van der Waals surface area contributed by atoms with E-state index in [9.17, 15) is 0 Å². The van der Waals surface area contributed by atoms with E-state index < -0.39 is 0 Å². The molecule has 0 spiro atoms. The number of nitrogens with zero attached hydrogens (tertiary/aromatic N) is 2. The molecule has 0 radical (unpaired) electrons. The fraction of sp³-hybridized carbons (Fsp3) is 0.103. The molecule has 2 aliphatic rings. The number of para-hydroxylation sites is 2. The van der Waals surface area contributed by atoms with Crippen LogP contribution >= 0.6 is 11.3 Å². The third-order valence-electron chi connectivity index (χ3n) is 13.3. The summed E-state index contributed by atoms with van der Waals surface area (Å²) in [7, 11) is 0. The highest BCUT2D eigenvalue weighted by atomic mass is 32.1. The van der Waals surface area contributed by atoms with Gasteiger partial charge in [-0.1, -0.05) is 154 Å². The quantitative estimate of drug-likeness (QED) is 0.163. The molecule has 2 aromatic heterocycles. The summed E-state index contributed by atoms with van der Waals surface area (Å²) in [4.78, 5) is 2.46. The molecule has 1 atom stereocenters. The lowest BCUT2D eigenvalue weighted by molar-refractivity contribution is 0.660. The average Bonchev–Trinajstić information content (AvgIpc) is 3.93. The smallest absolute Gasteiger partial charge is 0.0640 e. The van der Waals surface area contributed by atoms with Gasteiger partial charge >= 0.3 is 0 Å². The molecular weight excluding hydrogens is 757 g/mol. The first-order valence-electron chi connectivity index (χ1n) is 21.5. The second kappa shape index (κ2) is 13.8. The Labute approximate surface area is 361 Å². The lowest BCUT2D eigenvalue weighted by Crippen LogP contribution is -2.14. The van der Waals surface area contributed by atoms with Crippen molar-refractivity contribution in [3.05, 3.63) is 211 Å². The van der Waals surface area contributed by atoms with Gasteiger partial charge in [-0.25, -0.2) is 0 Å². The van der Waals surface area contributed by atoms with Crippen LogP contribution in [0.4, 0.5) is 17.1 Å². The van der Waals surface area contributed by atoms with Gasteiger partial charge in [-0.2, -0.15) is 0 Å². The number of thiophene rings is 1. The Morgan fingerprint density at radius 2 is 1.23 bits per heavy atom. The number of hydrogen-bond donors (Lipinski definition) is 0. The summed E-state index contributed by atoms with van der Waals surface area (Å²) >= 11 is 1.92. The van der Waals surface area contributed by atoms with Gasteiger partial charge in [-0.05, 0) is 118 Å². The second-order valence-corrected chi connectivity index (χ2v) is 18.4. The minimum atomic E-state index is -0.0443. The number of aromatic nitrogens is 1. The van der Waals surface area contributed by atoms with Crippen molar-refractivity contribution in [3.63, 3.8) is 0 Å². The minimum absolute atomic E-state index is 0.0443. The normalized spacial score (nSPS) is 15.4. The summed E-state index contributed by atoms with van der Waals surface area (Å²) in [5.74, 6) is 0.542. The maximum absolute atomic E-state index is 2.46. The predicted octanol–water partition coefficient (Wildman–Crippen LogP) is 16.6. The molecule has 292 valence electrons. The van der Waals surface area contributed by atoms with Crippen molar-refractivity contribution >= 4 is 76.0 Å². The van der Waals surface area contributed by atoms with E-state index in [4.69, 9.17) is 0 Å². The Hall–Kier alpha value is -6.94. The highest BCUT2D eigenvalue weighted by molar-refractivity contribution is 7.27. The molecule has 0 N–H and O–H groups in total. The number of rotatable bonds is 6. The summed E-state index contributed by atoms with van der Waals surface area (Å²) in [6.45, 7) is 7.01. The van der Waals surface area contributed by atoms with E-state index in [0.29, 0.717) is 5.92 Å². The largest absolute Gasteiger partial charge is 0.309 e. The molecule has 0 amide bonds. The van der Waals surface area contributed by atoms with Crippen LogP contribution in [0.3, 0.4) is 0 Å². The molecule has 10 aromatic rings. The van der Waals surface area contributed by atoms with Crippen LogP contribution in [0, 0.1) is 5.92 Å². The van der Waals surface area contributed by atoms with Gasteiger partial charge in [-0.15, -0.1) is 11.3 Å². The maximum atomic E-state index is 2.46. The van der Waals surface area contributed by atoms with Crippen LogP contribution in [-0.2, 0) is 5.41 Å². The highest BCUT2D eigenvalue weighted by Gasteiger charge is 2.35. The van der Waals surface area contributed by atoms with Crippen molar-refractivity contribution in [1.82, 2.24) is 4.57 Å². The van der Waals surface area contributed by atoms with Gasteiger partial charge in [0.2, 0.25) is 0 Å². The van der Waals surface area contributed by atoms with Crippen molar-refractivity contribution in [2.45, 2.75) is 32.6 Å². The number of anilines is 3. The molecule has 0 aliphatic heterocycles. The number of benzene rings is 8. The molecule has 0 bridgehead atoms. The van der Waals surface area contributed by atoms with Gasteiger partial charge in [0.1, 0.15) is 0 Å². The first-order chi connectivity index (χ1) is 29.9. The van der Waals surface area contributed by atoms with Crippen LogP contribution in [0.5, 0.6) is 0 Å². The molecule has 61 heavy (non-hydrogen) atoms. The fourth-order valence-electron chi connectivity index (χ4n) is 10.3. The Balaban J connectivity index is 1.02. The zero-order valence-corrected chi connectivity index (χ0v) is 35.4. The lowest BCUT2D eigenvalue weighted by atomic mass is 9.81. The molecular formula is C58H44N2S. The molecule has 12 rings (SSSR count). The van der Waals surface area contributed by atoms with Crippen molar-refractivity contribution < 1.29 is 0 Å². The average molecular weight is 801 g/mol. The Kier molecular flexibility index (Phi) is 8.14. The summed E-state index contributed by atoms with van der Waals surface area (Å²) in [5, 5.41) is 5.17. The third kappa shape index (κ3) is 5.61. The maximum Gasteiger partial charge on any atom is 0.0640 e. The van der Waals surface area contributed by atoms with Crippen LogP contribution in [0.2, 0.25) is 0 Å². The van der Waals surface area contributed by atoms with Gasteiger partial charge in [0, 0.05) is 48.7 Å². The van der Waals surface area contributed by atoms with E-state index in [2.05, 4.69) is 224 Å². The van der Waals surface area contributed by atoms with Crippen LogP contribution in [0.15, 0.2) is 194 Å². The van der Waals surface area contributed by atoms with Gasteiger partial charge in [0.15, 0.2) is 0 Å². The molecule has 0 saturated carbocycles. The van der Waals surface area contributed by atoms with E-state index >= 15 is 0 Å². The van der Waals surface area contributed by atoms with Crippen LogP contribution in [0.25, 0.3) is 75.5 Å². The molecule has 8 aromatic carbocycles. The molecule has 1 unspecified atom stereocenters. The van der Waals surface area contributed by atoms with Crippen molar-refractivity contribution in [1.29, 1.82) is 0 Å². The predicted molar refractivity (Wildman–Crippen MR) is 262 cm³/mol. The Morgan fingerprint density at radius 3 is 2.03 bits per heavy atom. The number of hydrogen-bond acceptors (Lipinski definition) is 2.